The maximum Gasteiger partial charge on any atom is 0.427 e. The van der Waals surface area contributed by atoms with Gasteiger partial charge < -0.3 is 25.0 Å². The van der Waals surface area contributed by atoms with Crippen molar-refractivity contribution in [2.24, 2.45) is 17.8 Å². The molecule has 1 saturated heterocycles. The van der Waals surface area contributed by atoms with Crippen LogP contribution in [0, 0.1) is 24.7 Å². The average molecular weight is 839 g/mol. The standard InChI is InChI=1S/C38H49F3N6O8S2/c1-21-9-7-8-10-24-18-37(24,33(50)46-57(52,53)36(6)12-13-36)45-30(48)28-17-26(54-25-11-14-42-27(16-25)31-43-19-23(3)56-31)20-47(28)32(49)29(22(2)15-21)44-34(51)55-35(4,5)38(39,40)41/h8,10-11,14,16,19,21-22,24,26,28-29H,7,9,12-13,15,17-18,20H2,1-6H3,(H,44,51)(H,45,48)(H,46,50)/b10-8-/t21-,22-,24-,26-,28+,29+,37-/m1/s1. The number of carbonyl (C=O) groups is 4. The Bertz CT molecular complexity index is 2040. The fraction of sp³-hybridized carbons (Fsp3) is 0.632. The zero-order valence-corrected chi connectivity index (χ0v) is 34.3. The van der Waals surface area contributed by atoms with Gasteiger partial charge in [-0.3, -0.25) is 24.1 Å². The molecule has 2 aliphatic carbocycles. The minimum atomic E-state index is -4.91. The number of fused-ring (bicyclic) bond motifs is 2. The van der Waals surface area contributed by atoms with Crippen LogP contribution >= 0.6 is 11.3 Å². The number of sulfonamides is 1. The number of rotatable bonds is 8. The highest BCUT2D eigenvalue weighted by Crippen LogP contribution is 2.47. The lowest BCUT2D eigenvalue weighted by Crippen LogP contribution is -2.59. The van der Waals surface area contributed by atoms with Crippen molar-refractivity contribution in [3.63, 3.8) is 0 Å². The molecule has 2 aliphatic heterocycles. The molecule has 2 aromatic rings. The van der Waals surface area contributed by atoms with Gasteiger partial charge in [0.2, 0.25) is 27.4 Å². The summed E-state index contributed by atoms with van der Waals surface area (Å²) in [6, 6.07) is 0.563. The normalized spacial score (nSPS) is 29.7. The van der Waals surface area contributed by atoms with Gasteiger partial charge in [0.15, 0.2) is 0 Å². The molecule has 2 saturated carbocycles. The summed E-state index contributed by atoms with van der Waals surface area (Å²) < 4.78 is 79.7. The summed E-state index contributed by atoms with van der Waals surface area (Å²) in [7, 11) is -4.07. The summed E-state index contributed by atoms with van der Waals surface area (Å²) in [4.78, 5) is 67.0. The molecule has 19 heteroatoms. The van der Waals surface area contributed by atoms with Crippen LogP contribution in [-0.2, 0) is 29.1 Å². The summed E-state index contributed by atoms with van der Waals surface area (Å²) in [6.45, 7) is 8.29. The van der Waals surface area contributed by atoms with E-state index in [1.807, 2.05) is 19.9 Å². The van der Waals surface area contributed by atoms with Crippen LogP contribution in [0.4, 0.5) is 18.0 Å². The van der Waals surface area contributed by atoms with Gasteiger partial charge in [-0.2, -0.15) is 13.2 Å². The number of allylic oxidation sites excluding steroid dienone is 1. The highest BCUT2D eigenvalue weighted by atomic mass is 32.2. The van der Waals surface area contributed by atoms with E-state index in [2.05, 4.69) is 25.3 Å². The van der Waals surface area contributed by atoms with Gasteiger partial charge in [-0.1, -0.05) is 26.0 Å². The van der Waals surface area contributed by atoms with E-state index in [0.717, 1.165) is 4.88 Å². The number of alkyl carbamates (subject to hydrolysis) is 1. The van der Waals surface area contributed by atoms with Crippen LogP contribution in [0.2, 0.25) is 0 Å². The largest absolute Gasteiger partial charge is 0.488 e. The van der Waals surface area contributed by atoms with Gasteiger partial charge in [-0.25, -0.2) is 18.2 Å². The molecule has 14 nitrogen and oxygen atoms in total. The Hall–Kier alpha value is -4.26. The molecule has 0 spiro atoms. The molecule has 7 atom stereocenters. The van der Waals surface area contributed by atoms with E-state index in [1.165, 1.54) is 29.4 Å². The Kier molecular flexibility index (Phi) is 11.5. The maximum absolute atomic E-state index is 14.7. The zero-order chi connectivity index (χ0) is 41.7. The van der Waals surface area contributed by atoms with Crippen LogP contribution in [0.1, 0.15) is 84.4 Å². The second kappa shape index (κ2) is 15.5. The monoisotopic (exact) mass is 838 g/mol. The number of carbonyl (C=O) groups excluding carboxylic acids is 4. The molecule has 4 amide bonds. The Morgan fingerprint density at radius 2 is 1.84 bits per heavy atom. The van der Waals surface area contributed by atoms with E-state index in [1.54, 1.807) is 31.3 Å². The fourth-order valence-corrected chi connectivity index (χ4v) is 9.35. The van der Waals surface area contributed by atoms with Gasteiger partial charge in [-0.15, -0.1) is 11.3 Å². The number of pyridine rings is 1. The second-order valence-corrected chi connectivity index (χ2v) is 20.1. The van der Waals surface area contributed by atoms with Crippen molar-refractivity contribution in [1.29, 1.82) is 0 Å². The third-order valence-electron chi connectivity index (χ3n) is 11.4. The number of halogens is 3. The van der Waals surface area contributed by atoms with E-state index < -0.39 is 85.9 Å². The average Bonchev–Trinajstić information content (AvgIpc) is 3.92. The first-order chi connectivity index (χ1) is 26.5. The number of ether oxygens (including phenoxy) is 2. The summed E-state index contributed by atoms with van der Waals surface area (Å²) >= 11 is 1.43. The van der Waals surface area contributed by atoms with E-state index in [0.29, 0.717) is 62.4 Å². The van der Waals surface area contributed by atoms with Crippen molar-refractivity contribution in [3.05, 3.63) is 41.6 Å². The van der Waals surface area contributed by atoms with Crippen LogP contribution < -0.4 is 20.1 Å². The first-order valence-electron chi connectivity index (χ1n) is 19.0. The minimum absolute atomic E-state index is 0.0288. The molecule has 57 heavy (non-hydrogen) atoms. The molecule has 0 radical (unpaired) electrons. The third-order valence-corrected chi connectivity index (χ3v) is 14.5. The van der Waals surface area contributed by atoms with Gasteiger partial charge in [-0.05, 0) is 84.1 Å². The maximum atomic E-state index is 14.7. The number of aryl methyl sites for hydroxylation is 1. The van der Waals surface area contributed by atoms with Crippen LogP contribution in [-0.4, -0.2) is 93.9 Å². The zero-order valence-electron chi connectivity index (χ0n) is 32.6. The summed E-state index contributed by atoms with van der Waals surface area (Å²) in [5.74, 6) is -3.24. The van der Waals surface area contributed by atoms with Crippen LogP contribution in [0.3, 0.4) is 0 Å². The number of thiazole rings is 1. The lowest BCUT2D eigenvalue weighted by molar-refractivity contribution is -0.244. The van der Waals surface area contributed by atoms with Crippen LogP contribution in [0.5, 0.6) is 5.75 Å². The Labute approximate surface area is 333 Å². The number of aromatic nitrogens is 2. The van der Waals surface area contributed by atoms with Crippen molar-refractivity contribution < 1.29 is 50.2 Å². The second-order valence-electron chi connectivity index (χ2n) is 16.6. The predicted octanol–water partition coefficient (Wildman–Crippen LogP) is 5.18. The molecule has 3 fully saturated rings. The third kappa shape index (κ3) is 9.08. The number of nitrogens with zero attached hydrogens (tertiary/aromatic N) is 3. The van der Waals surface area contributed by atoms with Crippen LogP contribution in [0.25, 0.3) is 10.7 Å². The number of hydrogen-bond acceptors (Lipinski definition) is 11. The minimum Gasteiger partial charge on any atom is -0.488 e. The van der Waals surface area contributed by atoms with Crippen molar-refractivity contribution in [1.82, 2.24) is 30.2 Å². The molecular weight excluding hydrogens is 790 g/mol. The van der Waals surface area contributed by atoms with E-state index in [-0.39, 0.29) is 25.3 Å². The number of alkyl halides is 3. The lowest BCUT2D eigenvalue weighted by Gasteiger charge is -2.34. The summed E-state index contributed by atoms with van der Waals surface area (Å²) in [5, 5.41) is 5.83. The molecule has 0 aromatic carbocycles. The lowest BCUT2D eigenvalue weighted by atomic mass is 9.88. The topological polar surface area (TPSA) is 186 Å². The van der Waals surface area contributed by atoms with E-state index in [4.69, 9.17) is 9.47 Å². The SMILES string of the molecule is Cc1cnc(-c2cc(O[C@@H]3C[C@H]4C(=O)N[C@]5(C(=O)NS(=O)(=O)C6(C)CC6)C[C@H]5/C=C\CC[C@@H](C)C[C@@H](C)[C@H](NC(=O)OC(C)(C)C(F)(F)F)C(=O)N4C3)ccn2)s1. The van der Waals surface area contributed by atoms with Crippen molar-refractivity contribution in [2.75, 3.05) is 6.54 Å². The first-order valence-corrected chi connectivity index (χ1v) is 21.3. The van der Waals surface area contributed by atoms with Gasteiger partial charge >= 0.3 is 12.3 Å². The summed E-state index contributed by atoms with van der Waals surface area (Å²) in [5.41, 5.74) is -3.97. The predicted molar refractivity (Wildman–Crippen MR) is 203 cm³/mol. The van der Waals surface area contributed by atoms with Gasteiger partial charge in [0.1, 0.15) is 40.2 Å². The molecular formula is C38H49F3N6O8S2. The highest BCUT2D eigenvalue weighted by Gasteiger charge is 2.63. The number of amides is 4. The highest BCUT2D eigenvalue weighted by molar-refractivity contribution is 7.91. The van der Waals surface area contributed by atoms with Gasteiger partial charge in [0.05, 0.1) is 11.3 Å². The van der Waals surface area contributed by atoms with Crippen LogP contribution in [0.15, 0.2) is 36.7 Å². The van der Waals surface area contributed by atoms with Gasteiger partial charge in [0, 0.05) is 35.7 Å². The fourth-order valence-electron chi connectivity index (χ4n) is 7.31. The molecule has 4 aliphatic rings. The number of hydrogen-bond donors (Lipinski definition) is 3. The van der Waals surface area contributed by atoms with E-state index >= 15 is 0 Å². The molecule has 3 N–H and O–H groups in total. The smallest absolute Gasteiger partial charge is 0.427 e. The summed E-state index contributed by atoms with van der Waals surface area (Å²) in [6.07, 6.45) is 2.06. The quantitative estimate of drug-likeness (QED) is 0.299. The van der Waals surface area contributed by atoms with Crippen molar-refractivity contribution >= 4 is 45.2 Å². The molecule has 0 unspecified atom stereocenters. The van der Waals surface area contributed by atoms with E-state index in [9.17, 15) is 40.8 Å². The first kappa shape index (κ1) is 42.3. The number of nitrogens with one attached hydrogen (secondary N) is 3. The molecule has 6 rings (SSSR count). The Morgan fingerprint density at radius 1 is 1.12 bits per heavy atom. The van der Waals surface area contributed by atoms with Crippen molar-refractivity contribution in [2.45, 2.75) is 127 Å². The Balaban J connectivity index is 1.33. The van der Waals surface area contributed by atoms with Gasteiger partial charge in [0.25, 0.3) is 5.91 Å². The molecule has 312 valence electrons. The Morgan fingerprint density at radius 3 is 2.49 bits per heavy atom. The van der Waals surface area contributed by atoms with Crippen molar-refractivity contribution in [3.8, 4) is 16.5 Å². The molecule has 0 bridgehead atoms. The molecule has 4 heterocycles. The molecule has 2 aromatic heterocycles.